The van der Waals surface area contributed by atoms with Gasteiger partial charge >= 0.3 is 5.97 Å². The number of pyridine rings is 1. The van der Waals surface area contributed by atoms with Crippen LogP contribution in [0, 0.1) is 0 Å². The van der Waals surface area contributed by atoms with Gasteiger partial charge in [0.25, 0.3) is 0 Å². The lowest BCUT2D eigenvalue weighted by Gasteiger charge is -2.36. The van der Waals surface area contributed by atoms with E-state index >= 15 is 0 Å². The van der Waals surface area contributed by atoms with E-state index in [0.29, 0.717) is 6.54 Å². The molecule has 0 bridgehead atoms. The molecule has 2 N–H and O–H groups in total. The molecule has 2 rings (SSSR count). The van der Waals surface area contributed by atoms with Crippen molar-refractivity contribution in [3.8, 4) is 0 Å². The molecule has 1 aromatic heterocycles. The van der Waals surface area contributed by atoms with E-state index in [2.05, 4.69) is 29.3 Å². The number of rotatable bonds is 6. The number of carbonyl (C=O) groups is 1. The van der Waals surface area contributed by atoms with Crippen LogP contribution in [0.1, 0.15) is 41.7 Å². The van der Waals surface area contributed by atoms with E-state index in [1.165, 1.54) is 31.9 Å². The molecule has 5 nitrogen and oxygen atoms in total. The topological polar surface area (TPSA) is 65.5 Å². The molecule has 0 unspecified atom stereocenters. The number of nitrogens with zero attached hydrogens (tertiary/aromatic N) is 2. The Morgan fingerprint density at radius 3 is 2.60 bits per heavy atom. The highest BCUT2D eigenvalue weighted by Crippen LogP contribution is 2.33. The molecule has 1 heterocycles. The molecular weight excluding hydrogens is 254 g/mol. The fourth-order valence-electron chi connectivity index (χ4n) is 2.89. The summed E-state index contributed by atoms with van der Waals surface area (Å²) >= 11 is 0. The summed E-state index contributed by atoms with van der Waals surface area (Å²) < 4.78 is 0. The first-order valence-electron chi connectivity index (χ1n) is 7.10. The van der Waals surface area contributed by atoms with Crippen molar-refractivity contribution in [2.75, 3.05) is 20.6 Å². The Morgan fingerprint density at radius 1 is 1.40 bits per heavy atom. The van der Waals surface area contributed by atoms with Crippen molar-refractivity contribution in [3.63, 3.8) is 0 Å². The normalized spacial score (nSPS) is 17.6. The van der Waals surface area contributed by atoms with E-state index in [1.54, 1.807) is 12.1 Å². The predicted molar refractivity (Wildman–Crippen MR) is 77.8 cm³/mol. The van der Waals surface area contributed by atoms with Crippen molar-refractivity contribution in [1.82, 2.24) is 15.2 Å². The summed E-state index contributed by atoms with van der Waals surface area (Å²) in [5.74, 6) is -0.936. The van der Waals surface area contributed by atoms with Crippen molar-refractivity contribution < 1.29 is 9.90 Å². The molecule has 1 aliphatic carbocycles. The summed E-state index contributed by atoms with van der Waals surface area (Å²) in [6, 6.07) is 3.37. The van der Waals surface area contributed by atoms with Crippen molar-refractivity contribution >= 4 is 5.97 Å². The summed E-state index contributed by atoms with van der Waals surface area (Å²) in [5, 5.41) is 12.3. The second-order valence-electron chi connectivity index (χ2n) is 5.77. The number of carboxylic acids is 1. The third kappa shape index (κ3) is 3.35. The van der Waals surface area contributed by atoms with Crippen LogP contribution >= 0.6 is 0 Å². The number of hydrogen-bond acceptors (Lipinski definition) is 4. The fourth-order valence-corrected chi connectivity index (χ4v) is 2.89. The van der Waals surface area contributed by atoms with E-state index in [-0.39, 0.29) is 11.1 Å². The Labute approximate surface area is 120 Å². The van der Waals surface area contributed by atoms with Gasteiger partial charge in [0.2, 0.25) is 0 Å². The first-order chi connectivity index (χ1) is 9.53. The monoisotopic (exact) mass is 277 g/mol. The molecule has 0 saturated heterocycles. The summed E-state index contributed by atoms with van der Waals surface area (Å²) in [6.07, 6.45) is 6.48. The average Bonchev–Trinajstić information content (AvgIpc) is 2.89. The van der Waals surface area contributed by atoms with Crippen molar-refractivity contribution in [1.29, 1.82) is 0 Å². The lowest BCUT2D eigenvalue weighted by molar-refractivity contribution is 0.0696. The van der Waals surface area contributed by atoms with Gasteiger partial charge in [-0.2, -0.15) is 0 Å². The van der Waals surface area contributed by atoms with Crippen LogP contribution in [0.5, 0.6) is 0 Å². The lowest BCUT2D eigenvalue weighted by Crippen LogP contribution is -2.49. The van der Waals surface area contributed by atoms with Crippen LogP contribution in [-0.4, -0.2) is 47.1 Å². The largest absolute Gasteiger partial charge is 0.478 e. The standard InChI is InChI=1S/C15H23N3O2/c1-18(2)15(7-3-4-8-15)11-16-10-13-6-5-12(9-17-13)14(19)20/h5-6,9,16H,3-4,7-8,10-11H2,1-2H3,(H,19,20). The van der Waals surface area contributed by atoms with E-state index in [0.717, 1.165) is 12.2 Å². The molecule has 1 aromatic rings. The SMILES string of the molecule is CN(C)C1(CNCc2ccc(C(=O)O)cn2)CCCC1. The second kappa shape index (κ2) is 6.33. The second-order valence-corrected chi connectivity index (χ2v) is 5.77. The highest BCUT2D eigenvalue weighted by Gasteiger charge is 2.35. The maximum absolute atomic E-state index is 10.8. The van der Waals surface area contributed by atoms with Gasteiger partial charge in [0, 0.05) is 24.8 Å². The quantitative estimate of drug-likeness (QED) is 0.829. The van der Waals surface area contributed by atoms with Crippen molar-refractivity contribution in [2.45, 2.75) is 37.8 Å². The van der Waals surface area contributed by atoms with Crippen molar-refractivity contribution in [3.05, 3.63) is 29.6 Å². The molecule has 1 aliphatic rings. The summed E-state index contributed by atoms with van der Waals surface area (Å²) in [7, 11) is 4.29. The third-order valence-corrected chi connectivity index (χ3v) is 4.31. The van der Waals surface area contributed by atoms with Gasteiger partial charge in [0.1, 0.15) is 0 Å². The van der Waals surface area contributed by atoms with Crippen LogP contribution in [0.4, 0.5) is 0 Å². The predicted octanol–water partition coefficient (Wildman–Crippen LogP) is 1.74. The van der Waals surface area contributed by atoms with E-state index in [9.17, 15) is 4.79 Å². The molecule has 0 amide bonds. The minimum absolute atomic E-state index is 0.231. The van der Waals surface area contributed by atoms with Gasteiger partial charge in [0.15, 0.2) is 0 Å². The Morgan fingerprint density at radius 2 is 2.10 bits per heavy atom. The number of hydrogen-bond donors (Lipinski definition) is 2. The van der Waals surface area contributed by atoms with Crippen molar-refractivity contribution in [2.24, 2.45) is 0 Å². The molecular formula is C15H23N3O2. The van der Waals surface area contributed by atoms with Gasteiger partial charge < -0.3 is 15.3 Å². The average molecular weight is 277 g/mol. The molecule has 20 heavy (non-hydrogen) atoms. The van der Waals surface area contributed by atoms with Gasteiger partial charge in [0.05, 0.1) is 11.3 Å². The summed E-state index contributed by atoms with van der Waals surface area (Å²) in [4.78, 5) is 17.3. The molecule has 0 radical (unpaired) electrons. The molecule has 0 spiro atoms. The van der Waals surface area contributed by atoms with Crippen LogP contribution in [0.3, 0.4) is 0 Å². The molecule has 0 aliphatic heterocycles. The number of carboxylic acid groups (broad SMARTS) is 1. The van der Waals surface area contributed by atoms with Crippen LogP contribution in [0.15, 0.2) is 18.3 Å². The van der Waals surface area contributed by atoms with Gasteiger partial charge in [-0.1, -0.05) is 12.8 Å². The Hall–Kier alpha value is -1.46. The zero-order chi connectivity index (χ0) is 14.6. The van der Waals surface area contributed by atoms with E-state index < -0.39 is 5.97 Å². The van der Waals surface area contributed by atoms with Crippen LogP contribution < -0.4 is 5.32 Å². The molecule has 1 fully saturated rings. The Bertz CT molecular complexity index is 451. The third-order valence-electron chi connectivity index (χ3n) is 4.31. The maximum Gasteiger partial charge on any atom is 0.337 e. The number of likely N-dealkylation sites (N-methyl/N-ethyl adjacent to an activating group) is 1. The molecule has 1 saturated carbocycles. The minimum Gasteiger partial charge on any atom is -0.478 e. The number of aromatic carboxylic acids is 1. The smallest absolute Gasteiger partial charge is 0.337 e. The lowest BCUT2D eigenvalue weighted by atomic mass is 9.96. The number of nitrogens with one attached hydrogen (secondary N) is 1. The summed E-state index contributed by atoms with van der Waals surface area (Å²) in [6.45, 7) is 1.62. The Kier molecular flexibility index (Phi) is 4.73. The molecule has 0 aromatic carbocycles. The summed E-state index contributed by atoms with van der Waals surface area (Å²) in [5.41, 5.74) is 1.37. The molecule has 110 valence electrons. The zero-order valence-corrected chi connectivity index (χ0v) is 12.2. The van der Waals surface area contributed by atoms with Crippen LogP contribution in [0.2, 0.25) is 0 Å². The van der Waals surface area contributed by atoms with Gasteiger partial charge in [-0.3, -0.25) is 4.98 Å². The Balaban J connectivity index is 1.87. The van der Waals surface area contributed by atoms with Crippen LogP contribution in [0.25, 0.3) is 0 Å². The maximum atomic E-state index is 10.8. The zero-order valence-electron chi connectivity index (χ0n) is 12.2. The van der Waals surface area contributed by atoms with Crippen LogP contribution in [-0.2, 0) is 6.54 Å². The highest BCUT2D eigenvalue weighted by molar-refractivity contribution is 5.87. The van der Waals surface area contributed by atoms with Gasteiger partial charge in [-0.05, 0) is 39.1 Å². The first kappa shape index (κ1) is 14.9. The first-order valence-corrected chi connectivity index (χ1v) is 7.10. The highest BCUT2D eigenvalue weighted by atomic mass is 16.4. The van der Waals surface area contributed by atoms with Gasteiger partial charge in [-0.15, -0.1) is 0 Å². The van der Waals surface area contributed by atoms with E-state index in [1.807, 2.05) is 0 Å². The van der Waals surface area contributed by atoms with Gasteiger partial charge in [-0.25, -0.2) is 4.79 Å². The number of aromatic nitrogens is 1. The molecule has 5 heteroatoms. The van der Waals surface area contributed by atoms with E-state index in [4.69, 9.17) is 5.11 Å². The minimum atomic E-state index is -0.936. The molecule has 0 atom stereocenters. The fraction of sp³-hybridized carbons (Fsp3) is 0.600.